The molecule has 23 heavy (non-hydrogen) atoms. The van der Waals surface area contributed by atoms with Crippen LogP contribution in [0.5, 0.6) is 0 Å². The Balaban J connectivity index is 1.82. The van der Waals surface area contributed by atoms with Crippen LogP contribution >= 0.6 is 0 Å². The Kier molecular flexibility index (Phi) is 4.03. The van der Waals surface area contributed by atoms with Crippen LogP contribution in [-0.4, -0.2) is 22.4 Å². The molecular weight excluding hydrogens is 288 g/mol. The second-order valence-corrected chi connectivity index (χ2v) is 6.84. The van der Waals surface area contributed by atoms with Gasteiger partial charge >= 0.3 is 0 Å². The monoisotopic (exact) mass is 310 g/mol. The van der Waals surface area contributed by atoms with Crippen LogP contribution in [0.3, 0.4) is 0 Å². The zero-order chi connectivity index (χ0) is 16.4. The number of aromatic nitrogens is 2. The fraction of sp³-hybridized carbons (Fsp3) is 0.389. The number of amides is 1. The molecule has 0 saturated carbocycles. The maximum atomic E-state index is 11.9. The second-order valence-electron chi connectivity index (χ2n) is 6.84. The molecule has 0 spiro atoms. The average molecular weight is 310 g/mol. The van der Waals surface area contributed by atoms with E-state index in [9.17, 15) is 4.79 Å². The summed E-state index contributed by atoms with van der Waals surface area (Å²) in [5.41, 5.74) is 1.75. The zero-order valence-electron chi connectivity index (χ0n) is 13.8. The first-order chi connectivity index (χ1) is 10.9. The summed E-state index contributed by atoms with van der Waals surface area (Å²) < 4.78 is 0. The second kappa shape index (κ2) is 5.99. The van der Waals surface area contributed by atoms with Gasteiger partial charge in [-0.2, -0.15) is 0 Å². The Labute approximate surface area is 136 Å². The van der Waals surface area contributed by atoms with Crippen molar-refractivity contribution in [3.05, 3.63) is 42.4 Å². The highest BCUT2D eigenvalue weighted by Crippen LogP contribution is 2.26. The van der Waals surface area contributed by atoms with Crippen LogP contribution in [0.15, 0.2) is 36.5 Å². The summed E-state index contributed by atoms with van der Waals surface area (Å²) in [5.74, 6) is 1.75. The Morgan fingerprint density at radius 2 is 2.04 bits per heavy atom. The van der Waals surface area contributed by atoms with Gasteiger partial charge in [-0.3, -0.25) is 4.79 Å². The Morgan fingerprint density at radius 3 is 2.74 bits per heavy atom. The molecule has 1 N–H and O–H groups in total. The van der Waals surface area contributed by atoms with Crippen molar-refractivity contribution in [2.45, 2.75) is 39.0 Å². The van der Waals surface area contributed by atoms with Gasteiger partial charge in [0.25, 0.3) is 0 Å². The number of hydrogen-bond donors (Lipinski definition) is 1. The maximum Gasteiger partial charge on any atom is 0.227 e. The van der Waals surface area contributed by atoms with Crippen LogP contribution in [0.1, 0.15) is 39.4 Å². The normalized spacial score (nSPS) is 15.1. The lowest BCUT2D eigenvalue weighted by molar-refractivity contribution is -0.117. The van der Waals surface area contributed by atoms with E-state index in [0.29, 0.717) is 6.42 Å². The summed E-state index contributed by atoms with van der Waals surface area (Å²) in [6.45, 7) is 7.06. The molecule has 1 fully saturated rings. The fourth-order valence-electron chi connectivity index (χ4n) is 2.61. The molecule has 1 aromatic carbocycles. The van der Waals surface area contributed by atoms with Crippen LogP contribution in [0, 0.1) is 0 Å². The molecule has 2 aromatic rings. The average Bonchev–Trinajstić information content (AvgIpc) is 2.93. The standard InChI is InChI=1S/C18H22N4O/c1-18(2,3)17-19-10-9-15(21-17)20-13-6-4-7-14(12-13)22-11-5-8-16(22)23/h4,6-7,9-10,12H,5,8,11H2,1-3H3,(H,19,20,21). The molecule has 1 aliphatic heterocycles. The molecule has 3 rings (SSSR count). The molecule has 0 aliphatic carbocycles. The molecule has 1 aromatic heterocycles. The highest BCUT2D eigenvalue weighted by molar-refractivity contribution is 5.95. The molecule has 0 bridgehead atoms. The highest BCUT2D eigenvalue weighted by atomic mass is 16.2. The molecule has 1 amide bonds. The van der Waals surface area contributed by atoms with Crippen LogP contribution in [-0.2, 0) is 10.2 Å². The van der Waals surface area contributed by atoms with Crippen molar-refractivity contribution in [2.24, 2.45) is 0 Å². The summed E-state index contributed by atoms with van der Waals surface area (Å²) in [4.78, 5) is 22.6. The van der Waals surface area contributed by atoms with Crippen molar-refractivity contribution >= 4 is 23.1 Å². The number of anilines is 3. The minimum absolute atomic E-state index is 0.0957. The van der Waals surface area contributed by atoms with Crippen molar-refractivity contribution in [1.29, 1.82) is 0 Å². The van der Waals surface area contributed by atoms with Gasteiger partial charge < -0.3 is 10.2 Å². The number of benzene rings is 1. The predicted molar refractivity (Wildman–Crippen MR) is 92.0 cm³/mol. The number of hydrogen-bond acceptors (Lipinski definition) is 4. The smallest absolute Gasteiger partial charge is 0.227 e. The molecule has 5 nitrogen and oxygen atoms in total. The number of nitrogens with zero attached hydrogens (tertiary/aromatic N) is 3. The van der Waals surface area contributed by atoms with Gasteiger partial charge in [0.05, 0.1) is 0 Å². The van der Waals surface area contributed by atoms with E-state index >= 15 is 0 Å². The fourth-order valence-corrected chi connectivity index (χ4v) is 2.61. The molecule has 2 heterocycles. The molecule has 0 atom stereocenters. The zero-order valence-corrected chi connectivity index (χ0v) is 13.8. The quantitative estimate of drug-likeness (QED) is 0.940. The van der Waals surface area contributed by atoms with Crippen molar-refractivity contribution < 1.29 is 4.79 Å². The highest BCUT2D eigenvalue weighted by Gasteiger charge is 2.22. The van der Waals surface area contributed by atoms with Gasteiger partial charge in [0.15, 0.2) is 0 Å². The van der Waals surface area contributed by atoms with Crippen molar-refractivity contribution in [3.8, 4) is 0 Å². The third-order valence-electron chi connectivity index (χ3n) is 3.83. The van der Waals surface area contributed by atoms with Crippen LogP contribution in [0.25, 0.3) is 0 Å². The van der Waals surface area contributed by atoms with E-state index in [0.717, 1.165) is 36.0 Å². The van der Waals surface area contributed by atoms with Gasteiger partial charge in [0.1, 0.15) is 11.6 Å². The largest absolute Gasteiger partial charge is 0.340 e. The van der Waals surface area contributed by atoms with Crippen LogP contribution in [0.2, 0.25) is 0 Å². The van der Waals surface area contributed by atoms with E-state index in [4.69, 9.17) is 0 Å². The van der Waals surface area contributed by atoms with Crippen LogP contribution < -0.4 is 10.2 Å². The van der Waals surface area contributed by atoms with Gasteiger partial charge in [-0.25, -0.2) is 9.97 Å². The Hall–Kier alpha value is -2.43. The van der Waals surface area contributed by atoms with Gasteiger partial charge in [0, 0.05) is 36.0 Å². The van der Waals surface area contributed by atoms with Gasteiger partial charge in [-0.15, -0.1) is 0 Å². The third kappa shape index (κ3) is 3.50. The Bertz CT molecular complexity index is 721. The number of carbonyl (C=O) groups excluding carboxylic acids is 1. The van der Waals surface area contributed by atoms with Crippen molar-refractivity contribution in [1.82, 2.24) is 9.97 Å². The van der Waals surface area contributed by atoms with E-state index in [1.54, 1.807) is 6.20 Å². The van der Waals surface area contributed by atoms with E-state index < -0.39 is 0 Å². The van der Waals surface area contributed by atoms with Crippen LogP contribution in [0.4, 0.5) is 17.2 Å². The lowest BCUT2D eigenvalue weighted by Gasteiger charge is -2.18. The third-order valence-corrected chi connectivity index (χ3v) is 3.83. The molecular formula is C18H22N4O. The van der Waals surface area contributed by atoms with E-state index in [-0.39, 0.29) is 11.3 Å². The Morgan fingerprint density at radius 1 is 1.22 bits per heavy atom. The molecule has 5 heteroatoms. The summed E-state index contributed by atoms with van der Waals surface area (Å²) >= 11 is 0. The predicted octanol–water partition coefficient (Wildman–Crippen LogP) is 3.64. The van der Waals surface area contributed by atoms with E-state index in [1.165, 1.54) is 0 Å². The van der Waals surface area contributed by atoms with Gasteiger partial charge in [-0.05, 0) is 30.7 Å². The summed E-state index contributed by atoms with van der Waals surface area (Å²) in [7, 11) is 0. The molecule has 0 unspecified atom stereocenters. The SMILES string of the molecule is CC(C)(C)c1nccc(Nc2cccc(N3CCCC3=O)c2)n1. The van der Waals surface area contributed by atoms with E-state index in [2.05, 4.69) is 36.1 Å². The summed E-state index contributed by atoms with van der Waals surface area (Å²) in [5, 5.41) is 3.31. The number of nitrogens with one attached hydrogen (secondary N) is 1. The minimum Gasteiger partial charge on any atom is -0.340 e. The van der Waals surface area contributed by atoms with E-state index in [1.807, 2.05) is 35.2 Å². The molecule has 1 saturated heterocycles. The topological polar surface area (TPSA) is 58.1 Å². The lowest BCUT2D eigenvalue weighted by Crippen LogP contribution is -2.23. The maximum absolute atomic E-state index is 11.9. The molecule has 1 aliphatic rings. The number of rotatable bonds is 3. The van der Waals surface area contributed by atoms with Crippen molar-refractivity contribution in [2.75, 3.05) is 16.8 Å². The number of carbonyl (C=O) groups is 1. The summed E-state index contributed by atoms with van der Waals surface area (Å²) in [6.07, 6.45) is 3.33. The first-order valence-corrected chi connectivity index (χ1v) is 7.94. The van der Waals surface area contributed by atoms with Gasteiger partial charge in [0.2, 0.25) is 5.91 Å². The molecule has 0 radical (unpaired) electrons. The first-order valence-electron chi connectivity index (χ1n) is 7.94. The first kappa shape index (κ1) is 15.5. The minimum atomic E-state index is -0.0957. The summed E-state index contributed by atoms with van der Waals surface area (Å²) in [6, 6.07) is 9.73. The molecule has 120 valence electrons. The van der Waals surface area contributed by atoms with Gasteiger partial charge in [-0.1, -0.05) is 26.8 Å². The lowest BCUT2D eigenvalue weighted by atomic mass is 9.96. The van der Waals surface area contributed by atoms with Crippen molar-refractivity contribution in [3.63, 3.8) is 0 Å².